The summed E-state index contributed by atoms with van der Waals surface area (Å²) in [7, 11) is 1.88. The van der Waals surface area contributed by atoms with Crippen molar-refractivity contribution in [2.45, 2.75) is 33.0 Å². The van der Waals surface area contributed by atoms with E-state index < -0.39 is 11.6 Å². The van der Waals surface area contributed by atoms with Crippen LogP contribution in [0.25, 0.3) is 0 Å². The summed E-state index contributed by atoms with van der Waals surface area (Å²) in [6.07, 6.45) is 0. The van der Waals surface area contributed by atoms with Gasteiger partial charge in [0.1, 0.15) is 17.5 Å². The number of nitrogens with zero attached hydrogens (tertiary/aromatic N) is 4. The quantitative estimate of drug-likeness (QED) is 0.290. The fourth-order valence-corrected chi connectivity index (χ4v) is 2.78. The second-order valence-electron chi connectivity index (χ2n) is 6.75. The molecule has 3 rings (SSSR count). The van der Waals surface area contributed by atoms with E-state index in [0.717, 1.165) is 35.4 Å². The van der Waals surface area contributed by atoms with E-state index in [1.54, 1.807) is 0 Å². The lowest BCUT2D eigenvalue weighted by molar-refractivity contribution is 0.585. The van der Waals surface area contributed by atoms with Gasteiger partial charge in [-0.25, -0.2) is 13.8 Å². The van der Waals surface area contributed by atoms with Crippen LogP contribution in [0.1, 0.15) is 35.7 Å². The summed E-state index contributed by atoms with van der Waals surface area (Å²) in [6, 6.07) is 13.2. The molecule has 0 amide bonds. The maximum atomic E-state index is 14.0. The minimum absolute atomic E-state index is 0. The molecule has 160 valence electrons. The fraction of sp³-hybridized carbons (Fsp3) is 0.286. The van der Waals surface area contributed by atoms with Crippen LogP contribution in [0, 0.1) is 18.6 Å². The van der Waals surface area contributed by atoms with Crippen LogP contribution in [0.15, 0.2) is 53.5 Å². The van der Waals surface area contributed by atoms with Gasteiger partial charge in [0.2, 0.25) is 0 Å². The first-order valence-corrected chi connectivity index (χ1v) is 9.32. The van der Waals surface area contributed by atoms with Crippen LogP contribution in [0.4, 0.5) is 8.78 Å². The average molecular weight is 526 g/mol. The molecule has 0 spiro atoms. The molecule has 0 saturated heterocycles. The SMILES string of the molecule is Cc1nnc(CNC(=NCc2cc(F)ccc2F)NC(C)c2ccccc2)n1C.I. The van der Waals surface area contributed by atoms with E-state index in [1.165, 1.54) is 0 Å². The molecule has 0 bridgehead atoms. The number of nitrogens with one attached hydrogen (secondary N) is 2. The smallest absolute Gasteiger partial charge is 0.192 e. The standard InChI is InChI=1S/C21H24F2N6.HI/c1-14(16-7-5-4-6-8-16)26-21(25-13-20-28-27-15(2)29(20)3)24-12-17-11-18(22)9-10-19(17)23;/h4-11,14H,12-13H2,1-3H3,(H2,24,25,26);1H. The zero-order chi connectivity index (χ0) is 20.8. The fourth-order valence-electron chi connectivity index (χ4n) is 2.78. The van der Waals surface area contributed by atoms with E-state index in [4.69, 9.17) is 0 Å². The van der Waals surface area contributed by atoms with Gasteiger partial charge in [0.25, 0.3) is 0 Å². The van der Waals surface area contributed by atoms with Crippen molar-refractivity contribution in [3.05, 3.63) is 82.9 Å². The Balaban J connectivity index is 0.00000320. The Labute approximate surface area is 191 Å². The lowest BCUT2D eigenvalue weighted by Crippen LogP contribution is -2.39. The molecule has 0 radical (unpaired) electrons. The summed E-state index contributed by atoms with van der Waals surface area (Å²) in [5.74, 6) is 1.01. The van der Waals surface area contributed by atoms with Crippen LogP contribution in [0.2, 0.25) is 0 Å². The Morgan fingerprint density at radius 1 is 1.13 bits per heavy atom. The second-order valence-corrected chi connectivity index (χ2v) is 6.75. The number of aryl methyl sites for hydroxylation is 1. The minimum Gasteiger partial charge on any atom is -0.350 e. The molecule has 2 N–H and O–H groups in total. The highest BCUT2D eigenvalue weighted by Crippen LogP contribution is 2.13. The molecular weight excluding hydrogens is 501 g/mol. The number of aromatic nitrogens is 3. The molecule has 1 aromatic heterocycles. The van der Waals surface area contributed by atoms with Crippen molar-refractivity contribution in [3.8, 4) is 0 Å². The number of rotatable bonds is 6. The average Bonchev–Trinajstić information content (AvgIpc) is 3.05. The molecule has 0 aliphatic heterocycles. The lowest BCUT2D eigenvalue weighted by atomic mass is 10.1. The summed E-state index contributed by atoms with van der Waals surface area (Å²) in [4.78, 5) is 4.44. The third-order valence-corrected chi connectivity index (χ3v) is 4.66. The highest BCUT2D eigenvalue weighted by atomic mass is 127. The Kier molecular flexibility index (Phi) is 8.70. The van der Waals surface area contributed by atoms with Crippen molar-refractivity contribution in [1.82, 2.24) is 25.4 Å². The van der Waals surface area contributed by atoms with Crippen LogP contribution >= 0.6 is 24.0 Å². The molecule has 0 aliphatic rings. The van der Waals surface area contributed by atoms with E-state index in [9.17, 15) is 8.78 Å². The highest BCUT2D eigenvalue weighted by Gasteiger charge is 2.11. The molecule has 0 aliphatic carbocycles. The molecular formula is C21H25F2IN6. The summed E-state index contributed by atoms with van der Waals surface area (Å²) in [5, 5.41) is 14.7. The first-order chi connectivity index (χ1) is 13.9. The number of benzene rings is 2. The van der Waals surface area contributed by atoms with Crippen molar-refractivity contribution >= 4 is 29.9 Å². The molecule has 1 heterocycles. The maximum absolute atomic E-state index is 14.0. The number of hydrogen-bond donors (Lipinski definition) is 2. The van der Waals surface area contributed by atoms with Gasteiger partial charge in [-0.1, -0.05) is 30.3 Å². The molecule has 3 aromatic rings. The molecule has 9 heteroatoms. The number of guanidine groups is 1. The molecule has 6 nitrogen and oxygen atoms in total. The third kappa shape index (κ3) is 6.22. The van der Waals surface area contributed by atoms with E-state index in [1.807, 2.05) is 55.8 Å². The molecule has 1 atom stereocenters. The van der Waals surface area contributed by atoms with Crippen LogP contribution in [-0.4, -0.2) is 20.7 Å². The Morgan fingerprint density at radius 3 is 2.53 bits per heavy atom. The lowest BCUT2D eigenvalue weighted by Gasteiger charge is -2.19. The summed E-state index contributed by atoms with van der Waals surface area (Å²) < 4.78 is 29.3. The first-order valence-electron chi connectivity index (χ1n) is 9.32. The van der Waals surface area contributed by atoms with Crippen LogP contribution in [-0.2, 0) is 20.1 Å². The van der Waals surface area contributed by atoms with E-state index in [0.29, 0.717) is 12.5 Å². The Hall–Kier alpha value is -2.56. The third-order valence-electron chi connectivity index (χ3n) is 4.66. The molecule has 0 saturated carbocycles. The van der Waals surface area contributed by atoms with E-state index in [2.05, 4.69) is 25.8 Å². The predicted molar refractivity (Wildman–Crippen MR) is 123 cm³/mol. The molecule has 30 heavy (non-hydrogen) atoms. The van der Waals surface area contributed by atoms with Crippen molar-refractivity contribution < 1.29 is 8.78 Å². The molecule has 0 fully saturated rings. The monoisotopic (exact) mass is 526 g/mol. The van der Waals surface area contributed by atoms with Gasteiger partial charge in [-0.05, 0) is 37.6 Å². The van der Waals surface area contributed by atoms with Gasteiger partial charge in [-0.2, -0.15) is 0 Å². The summed E-state index contributed by atoms with van der Waals surface area (Å²) >= 11 is 0. The van der Waals surface area contributed by atoms with Crippen molar-refractivity contribution in [2.24, 2.45) is 12.0 Å². The van der Waals surface area contributed by atoms with Crippen LogP contribution < -0.4 is 10.6 Å². The van der Waals surface area contributed by atoms with Crippen LogP contribution in [0.5, 0.6) is 0 Å². The normalized spacial score (nSPS) is 12.2. The van der Waals surface area contributed by atoms with Gasteiger partial charge in [-0.15, -0.1) is 34.2 Å². The Bertz CT molecular complexity index is 990. The number of aliphatic imine (C=N–C) groups is 1. The van der Waals surface area contributed by atoms with Gasteiger partial charge in [-0.3, -0.25) is 0 Å². The van der Waals surface area contributed by atoms with Crippen LogP contribution in [0.3, 0.4) is 0 Å². The Morgan fingerprint density at radius 2 is 1.87 bits per heavy atom. The topological polar surface area (TPSA) is 67.1 Å². The molecule has 2 aromatic carbocycles. The number of halogens is 3. The number of hydrogen-bond acceptors (Lipinski definition) is 3. The van der Waals surface area contributed by atoms with E-state index in [-0.39, 0.29) is 42.1 Å². The van der Waals surface area contributed by atoms with Crippen molar-refractivity contribution in [3.63, 3.8) is 0 Å². The second kappa shape index (κ2) is 11.0. The van der Waals surface area contributed by atoms with Gasteiger partial charge in [0, 0.05) is 12.6 Å². The van der Waals surface area contributed by atoms with Gasteiger partial charge in [0.05, 0.1) is 19.1 Å². The van der Waals surface area contributed by atoms with Crippen molar-refractivity contribution in [1.29, 1.82) is 0 Å². The molecule has 1 unspecified atom stereocenters. The largest absolute Gasteiger partial charge is 0.350 e. The van der Waals surface area contributed by atoms with Crippen molar-refractivity contribution in [2.75, 3.05) is 0 Å². The van der Waals surface area contributed by atoms with Gasteiger partial charge < -0.3 is 15.2 Å². The highest BCUT2D eigenvalue weighted by molar-refractivity contribution is 14.0. The van der Waals surface area contributed by atoms with E-state index >= 15 is 0 Å². The summed E-state index contributed by atoms with van der Waals surface area (Å²) in [6.45, 7) is 4.25. The predicted octanol–water partition coefficient (Wildman–Crippen LogP) is 4.02. The van der Waals surface area contributed by atoms with Gasteiger partial charge >= 0.3 is 0 Å². The maximum Gasteiger partial charge on any atom is 0.192 e. The zero-order valence-corrected chi connectivity index (χ0v) is 19.4. The van der Waals surface area contributed by atoms with Gasteiger partial charge in [0.15, 0.2) is 11.8 Å². The minimum atomic E-state index is -0.494. The summed E-state index contributed by atoms with van der Waals surface area (Å²) in [5.41, 5.74) is 1.27. The first kappa shape index (κ1) is 23.7. The zero-order valence-electron chi connectivity index (χ0n) is 17.1.